The Hall–Kier alpha value is -3.32. The summed E-state index contributed by atoms with van der Waals surface area (Å²) in [5, 5.41) is 4.17. The highest BCUT2D eigenvalue weighted by Gasteiger charge is 2.42. The van der Waals surface area contributed by atoms with E-state index in [1.165, 1.54) is 0 Å². The van der Waals surface area contributed by atoms with Crippen molar-refractivity contribution in [2.45, 2.75) is 31.1 Å². The number of piperidine rings is 1. The van der Waals surface area contributed by atoms with Crippen LogP contribution in [-0.2, 0) is 14.9 Å². The van der Waals surface area contributed by atoms with Gasteiger partial charge in [-0.1, -0.05) is 30.3 Å². The topological polar surface area (TPSA) is 81.0 Å². The van der Waals surface area contributed by atoms with E-state index in [-0.39, 0.29) is 11.8 Å². The number of amides is 2. The van der Waals surface area contributed by atoms with Gasteiger partial charge < -0.3 is 24.1 Å². The molecule has 2 saturated heterocycles. The highest BCUT2D eigenvalue weighted by Crippen LogP contribution is 2.36. The predicted molar refractivity (Wildman–Crippen MR) is 133 cm³/mol. The van der Waals surface area contributed by atoms with Crippen LogP contribution in [0, 0.1) is 5.92 Å². The number of ether oxygens (including phenoxy) is 2. The van der Waals surface area contributed by atoms with Gasteiger partial charge in [-0.25, -0.2) is 0 Å². The Morgan fingerprint density at radius 3 is 2.46 bits per heavy atom. The summed E-state index contributed by atoms with van der Waals surface area (Å²) in [6.45, 7) is 3.08. The standard InChI is InChI=1S/C28H32N2O5/c1-33-23-8-6-22(7-9-23)28(12-16-34-17-13-28)27(32)29-19-20-10-14-30(15-11-20)26(31)25-18-21-4-2-3-5-24(21)35-25/h2-9,18,20H,10-17,19H2,1H3,(H,29,32). The molecule has 7 nitrogen and oxygen atoms in total. The van der Waals surface area contributed by atoms with Crippen LogP contribution in [0.2, 0.25) is 0 Å². The van der Waals surface area contributed by atoms with Gasteiger partial charge in [-0.05, 0) is 61.4 Å². The molecule has 35 heavy (non-hydrogen) atoms. The molecular weight excluding hydrogens is 444 g/mol. The van der Waals surface area contributed by atoms with Crippen LogP contribution in [0.4, 0.5) is 0 Å². The minimum Gasteiger partial charge on any atom is -0.497 e. The lowest BCUT2D eigenvalue weighted by atomic mass is 9.73. The molecule has 0 unspecified atom stereocenters. The van der Waals surface area contributed by atoms with Gasteiger partial charge in [0.05, 0.1) is 12.5 Å². The van der Waals surface area contributed by atoms with Gasteiger partial charge in [0.1, 0.15) is 11.3 Å². The molecule has 0 aliphatic carbocycles. The van der Waals surface area contributed by atoms with Gasteiger partial charge in [-0.2, -0.15) is 0 Å². The first-order chi connectivity index (χ1) is 17.1. The Kier molecular flexibility index (Phi) is 6.77. The number of carbonyl (C=O) groups is 2. The average molecular weight is 477 g/mol. The fraction of sp³-hybridized carbons (Fsp3) is 0.429. The first-order valence-electron chi connectivity index (χ1n) is 12.4. The monoisotopic (exact) mass is 476 g/mol. The first kappa shape index (κ1) is 23.4. The smallest absolute Gasteiger partial charge is 0.289 e. The Balaban J connectivity index is 1.18. The van der Waals surface area contributed by atoms with Crippen LogP contribution >= 0.6 is 0 Å². The number of likely N-dealkylation sites (tertiary alicyclic amines) is 1. The number of nitrogens with one attached hydrogen (secondary N) is 1. The molecule has 2 aromatic carbocycles. The Labute approximate surface area is 205 Å². The van der Waals surface area contributed by atoms with Crippen molar-refractivity contribution in [3.05, 3.63) is 65.9 Å². The maximum absolute atomic E-state index is 13.5. The average Bonchev–Trinajstić information content (AvgIpc) is 3.36. The molecule has 7 heteroatoms. The van der Waals surface area contributed by atoms with E-state index in [1.807, 2.05) is 59.5 Å². The second-order valence-electron chi connectivity index (χ2n) is 9.52. The summed E-state index contributed by atoms with van der Waals surface area (Å²) in [6.07, 6.45) is 3.03. The van der Waals surface area contributed by atoms with E-state index >= 15 is 0 Å². The molecule has 3 aromatic rings. The summed E-state index contributed by atoms with van der Waals surface area (Å²) in [5.74, 6) is 1.50. The largest absolute Gasteiger partial charge is 0.497 e. The maximum Gasteiger partial charge on any atom is 0.289 e. The summed E-state index contributed by atoms with van der Waals surface area (Å²) in [7, 11) is 1.64. The van der Waals surface area contributed by atoms with Gasteiger partial charge in [0.25, 0.3) is 5.91 Å². The molecule has 3 heterocycles. The summed E-state index contributed by atoms with van der Waals surface area (Å²) in [5.41, 5.74) is 1.15. The third kappa shape index (κ3) is 4.78. The molecule has 5 rings (SSSR count). The first-order valence-corrected chi connectivity index (χ1v) is 12.4. The number of hydrogen-bond acceptors (Lipinski definition) is 5. The quantitative estimate of drug-likeness (QED) is 0.578. The molecule has 1 aromatic heterocycles. The molecule has 0 spiro atoms. The van der Waals surface area contributed by atoms with Crippen molar-refractivity contribution in [2.75, 3.05) is 40.0 Å². The summed E-state index contributed by atoms with van der Waals surface area (Å²) in [4.78, 5) is 28.3. The van der Waals surface area contributed by atoms with Crippen LogP contribution in [-0.4, -0.2) is 56.7 Å². The van der Waals surface area contributed by atoms with Crippen LogP contribution in [0.25, 0.3) is 11.0 Å². The fourth-order valence-corrected chi connectivity index (χ4v) is 5.27. The predicted octanol–water partition coefficient (Wildman–Crippen LogP) is 4.16. The molecule has 0 bridgehead atoms. The van der Waals surface area contributed by atoms with E-state index < -0.39 is 5.41 Å². The SMILES string of the molecule is COc1ccc(C2(C(=O)NCC3CCN(C(=O)c4cc5ccccc5o4)CC3)CCOCC2)cc1. The Morgan fingerprint density at radius 2 is 1.77 bits per heavy atom. The molecule has 2 aliphatic heterocycles. The number of benzene rings is 2. The zero-order valence-electron chi connectivity index (χ0n) is 20.1. The Morgan fingerprint density at radius 1 is 1.06 bits per heavy atom. The number of hydrogen-bond donors (Lipinski definition) is 1. The van der Waals surface area contributed by atoms with E-state index in [0.29, 0.717) is 57.4 Å². The van der Waals surface area contributed by atoms with Crippen LogP contribution < -0.4 is 10.1 Å². The van der Waals surface area contributed by atoms with Crippen molar-refractivity contribution in [1.82, 2.24) is 10.2 Å². The van der Waals surface area contributed by atoms with E-state index in [2.05, 4.69) is 5.32 Å². The Bertz CT molecular complexity index is 1140. The van der Waals surface area contributed by atoms with Gasteiger partial charge in [-0.3, -0.25) is 9.59 Å². The normalized spacial score (nSPS) is 18.4. The van der Waals surface area contributed by atoms with Gasteiger partial charge >= 0.3 is 0 Å². The summed E-state index contributed by atoms with van der Waals surface area (Å²) in [6, 6.07) is 17.3. The number of methoxy groups -OCH3 is 1. The molecule has 2 fully saturated rings. The van der Waals surface area contributed by atoms with Crippen molar-refractivity contribution >= 4 is 22.8 Å². The lowest BCUT2D eigenvalue weighted by Gasteiger charge is -2.37. The summed E-state index contributed by atoms with van der Waals surface area (Å²) < 4.78 is 16.6. The molecule has 0 saturated carbocycles. The van der Waals surface area contributed by atoms with E-state index in [4.69, 9.17) is 13.9 Å². The molecule has 0 atom stereocenters. The van der Waals surface area contributed by atoms with Gasteiger partial charge in [0.2, 0.25) is 5.91 Å². The zero-order chi connectivity index (χ0) is 24.3. The molecule has 2 amide bonds. The number of carbonyl (C=O) groups excluding carboxylic acids is 2. The lowest BCUT2D eigenvalue weighted by molar-refractivity contribution is -0.130. The van der Waals surface area contributed by atoms with Crippen LogP contribution in [0.5, 0.6) is 5.75 Å². The summed E-state index contributed by atoms with van der Waals surface area (Å²) >= 11 is 0. The van der Waals surface area contributed by atoms with E-state index in [0.717, 1.165) is 35.1 Å². The third-order valence-electron chi connectivity index (χ3n) is 7.51. The van der Waals surface area contributed by atoms with Crippen molar-refractivity contribution < 1.29 is 23.5 Å². The highest BCUT2D eigenvalue weighted by molar-refractivity contribution is 5.96. The third-order valence-corrected chi connectivity index (χ3v) is 7.51. The number of fused-ring (bicyclic) bond motifs is 1. The number of nitrogens with zero attached hydrogens (tertiary/aromatic N) is 1. The van der Waals surface area contributed by atoms with Crippen molar-refractivity contribution in [1.29, 1.82) is 0 Å². The van der Waals surface area contributed by atoms with Crippen LogP contribution in [0.3, 0.4) is 0 Å². The van der Waals surface area contributed by atoms with Crippen molar-refractivity contribution in [2.24, 2.45) is 5.92 Å². The second kappa shape index (κ2) is 10.1. The molecule has 1 N–H and O–H groups in total. The highest BCUT2D eigenvalue weighted by atomic mass is 16.5. The van der Waals surface area contributed by atoms with Gasteiger partial charge in [-0.15, -0.1) is 0 Å². The lowest BCUT2D eigenvalue weighted by Crippen LogP contribution is -2.50. The number of para-hydroxylation sites is 1. The van der Waals surface area contributed by atoms with Gasteiger partial charge in [0.15, 0.2) is 5.76 Å². The second-order valence-corrected chi connectivity index (χ2v) is 9.52. The number of furan rings is 1. The van der Waals surface area contributed by atoms with E-state index in [9.17, 15) is 9.59 Å². The van der Waals surface area contributed by atoms with Gasteiger partial charge in [0, 0.05) is 38.2 Å². The fourth-order valence-electron chi connectivity index (χ4n) is 5.27. The number of rotatable bonds is 6. The molecular formula is C28H32N2O5. The van der Waals surface area contributed by atoms with Crippen molar-refractivity contribution in [3.8, 4) is 5.75 Å². The van der Waals surface area contributed by atoms with Crippen LogP contribution in [0.15, 0.2) is 59.0 Å². The molecule has 184 valence electrons. The van der Waals surface area contributed by atoms with Crippen LogP contribution in [0.1, 0.15) is 41.8 Å². The molecule has 0 radical (unpaired) electrons. The van der Waals surface area contributed by atoms with E-state index in [1.54, 1.807) is 7.11 Å². The van der Waals surface area contributed by atoms with Crippen molar-refractivity contribution in [3.63, 3.8) is 0 Å². The zero-order valence-corrected chi connectivity index (χ0v) is 20.1. The molecule has 2 aliphatic rings. The minimum absolute atomic E-state index is 0.0618. The minimum atomic E-state index is -0.581. The maximum atomic E-state index is 13.5.